The van der Waals surface area contributed by atoms with Crippen molar-refractivity contribution in [1.82, 2.24) is 10.2 Å². The number of piperidine rings is 1. The normalized spacial score (nSPS) is 16.3. The molecule has 1 aliphatic heterocycles. The predicted molar refractivity (Wildman–Crippen MR) is 78.1 cm³/mol. The van der Waals surface area contributed by atoms with Crippen LogP contribution in [0.4, 0.5) is 0 Å². The zero-order chi connectivity index (χ0) is 13.8. The summed E-state index contributed by atoms with van der Waals surface area (Å²) in [6.45, 7) is 1.71. The number of thiophene rings is 1. The molecule has 19 heavy (non-hydrogen) atoms. The third kappa shape index (κ3) is 3.77. The number of carbonyl (C=O) groups excluding carboxylic acids is 2. The molecule has 2 heterocycles. The average molecular weight is 346 g/mol. The Hall–Kier alpha value is -0.920. The fraction of sp³-hybridized carbons (Fsp3) is 0.500. The lowest BCUT2D eigenvalue weighted by Crippen LogP contribution is -2.49. The van der Waals surface area contributed by atoms with Crippen LogP contribution >= 0.6 is 27.3 Å². The van der Waals surface area contributed by atoms with Crippen molar-refractivity contribution in [2.75, 3.05) is 19.6 Å². The van der Waals surface area contributed by atoms with Gasteiger partial charge < -0.3 is 16.0 Å². The van der Waals surface area contributed by atoms with Gasteiger partial charge in [-0.15, -0.1) is 11.3 Å². The van der Waals surface area contributed by atoms with Crippen LogP contribution in [-0.2, 0) is 4.79 Å². The molecule has 0 radical (unpaired) electrons. The van der Waals surface area contributed by atoms with Crippen molar-refractivity contribution >= 4 is 39.1 Å². The highest BCUT2D eigenvalue weighted by atomic mass is 79.9. The van der Waals surface area contributed by atoms with Crippen LogP contribution in [0, 0.1) is 0 Å². The van der Waals surface area contributed by atoms with E-state index in [-0.39, 0.29) is 18.5 Å². The van der Waals surface area contributed by atoms with E-state index >= 15 is 0 Å². The zero-order valence-corrected chi connectivity index (χ0v) is 12.8. The molecule has 2 rings (SSSR count). The molecule has 104 valence electrons. The van der Waals surface area contributed by atoms with Crippen molar-refractivity contribution in [1.29, 1.82) is 0 Å². The summed E-state index contributed by atoms with van der Waals surface area (Å²) < 4.78 is 0.903. The molecule has 0 aliphatic carbocycles. The van der Waals surface area contributed by atoms with Crippen LogP contribution in [0.25, 0.3) is 0 Å². The number of nitrogens with two attached hydrogens (primary N) is 1. The molecule has 1 aliphatic rings. The highest BCUT2D eigenvalue weighted by Crippen LogP contribution is 2.25. The van der Waals surface area contributed by atoms with Gasteiger partial charge in [0, 0.05) is 6.04 Å². The van der Waals surface area contributed by atoms with Gasteiger partial charge in [0.05, 0.1) is 15.2 Å². The summed E-state index contributed by atoms with van der Waals surface area (Å²) in [5, 5.41) is 3.25. The molecule has 3 N–H and O–H groups in total. The molecule has 0 bridgehead atoms. The average Bonchev–Trinajstić information content (AvgIpc) is 2.83. The Kier molecular flexibility index (Phi) is 4.95. The van der Waals surface area contributed by atoms with Crippen molar-refractivity contribution in [3.63, 3.8) is 0 Å². The first kappa shape index (κ1) is 14.5. The zero-order valence-electron chi connectivity index (χ0n) is 10.4. The lowest BCUT2D eigenvalue weighted by Gasteiger charge is -2.33. The molecule has 0 saturated carbocycles. The molecule has 1 aromatic heterocycles. The Labute approximate surface area is 124 Å². The Morgan fingerprint density at radius 2 is 2.11 bits per heavy atom. The standard InChI is InChI=1S/C12H16BrN3O2S/c13-10-2-1-9(19-10)12(18)16(7-11(14)17)8-3-5-15-6-4-8/h1-2,8,15H,3-7H2,(H2,14,17). The number of nitrogens with one attached hydrogen (secondary N) is 1. The second kappa shape index (κ2) is 6.49. The number of halogens is 1. The first-order valence-electron chi connectivity index (χ1n) is 6.13. The number of hydrogen-bond acceptors (Lipinski definition) is 4. The molecule has 1 fully saturated rings. The Bertz CT molecular complexity index is 471. The van der Waals surface area contributed by atoms with Gasteiger partial charge in [-0.25, -0.2) is 0 Å². The van der Waals surface area contributed by atoms with Gasteiger partial charge in [0.1, 0.15) is 0 Å². The van der Waals surface area contributed by atoms with Gasteiger partial charge in [0.15, 0.2) is 0 Å². The van der Waals surface area contributed by atoms with Crippen LogP contribution < -0.4 is 11.1 Å². The maximum absolute atomic E-state index is 12.5. The Balaban J connectivity index is 2.16. The minimum absolute atomic E-state index is 0.0149. The van der Waals surface area contributed by atoms with Crippen molar-refractivity contribution < 1.29 is 9.59 Å². The summed E-state index contributed by atoms with van der Waals surface area (Å²) in [7, 11) is 0. The lowest BCUT2D eigenvalue weighted by atomic mass is 10.0. The first-order valence-corrected chi connectivity index (χ1v) is 7.74. The number of amides is 2. The summed E-state index contributed by atoms with van der Waals surface area (Å²) in [6.07, 6.45) is 1.71. The Morgan fingerprint density at radius 1 is 1.42 bits per heavy atom. The van der Waals surface area contributed by atoms with Crippen molar-refractivity contribution in [2.45, 2.75) is 18.9 Å². The van der Waals surface area contributed by atoms with Gasteiger partial charge in [-0.1, -0.05) is 0 Å². The van der Waals surface area contributed by atoms with E-state index in [9.17, 15) is 9.59 Å². The fourth-order valence-electron chi connectivity index (χ4n) is 2.22. The van der Waals surface area contributed by atoms with E-state index in [0.29, 0.717) is 4.88 Å². The Morgan fingerprint density at radius 3 is 2.63 bits per heavy atom. The second-order valence-corrected chi connectivity index (χ2v) is 6.95. The molecular weight excluding hydrogens is 330 g/mol. The van der Waals surface area contributed by atoms with Crippen molar-refractivity contribution in [3.05, 3.63) is 20.8 Å². The third-order valence-electron chi connectivity index (χ3n) is 3.12. The summed E-state index contributed by atoms with van der Waals surface area (Å²) in [5.41, 5.74) is 5.27. The van der Waals surface area contributed by atoms with E-state index in [4.69, 9.17) is 5.73 Å². The van der Waals surface area contributed by atoms with Crippen LogP contribution in [0.1, 0.15) is 22.5 Å². The topological polar surface area (TPSA) is 75.4 Å². The minimum Gasteiger partial charge on any atom is -0.368 e. The van der Waals surface area contributed by atoms with Gasteiger partial charge in [0.2, 0.25) is 5.91 Å². The molecule has 0 unspecified atom stereocenters. The molecule has 0 atom stereocenters. The molecule has 5 nitrogen and oxygen atoms in total. The summed E-state index contributed by atoms with van der Waals surface area (Å²) in [4.78, 5) is 25.9. The minimum atomic E-state index is -0.470. The van der Waals surface area contributed by atoms with Crippen LogP contribution in [-0.4, -0.2) is 42.4 Å². The van der Waals surface area contributed by atoms with E-state index < -0.39 is 5.91 Å². The van der Waals surface area contributed by atoms with E-state index in [2.05, 4.69) is 21.2 Å². The van der Waals surface area contributed by atoms with E-state index in [1.165, 1.54) is 11.3 Å². The lowest BCUT2D eigenvalue weighted by molar-refractivity contribution is -0.119. The number of carbonyl (C=O) groups is 2. The third-order valence-corrected chi connectivity index (χ3v) is 4.73. The van der Waals surface area contributed by atoms with E-state index in [0.717, 1.165) is 29.7 Å². The van der Waals surface area contributed by atoms with Gasteiger partial charge in [-0.3, -0.25) is 9.59 Å². The van der Waals surface area contributed by atoms with Crippen molar-refractivity contribution in [3.8, 4) is 0 Å². The van der Waals surface area contributed by atoms with Crippen LogP contribution in [0.5, 0.6) is 0 Å². The summed E-state index contributed by atoms with van der Waals surface area (Å²) in [6, 6.07) is 3.69. The molecular formula is C12H16BrN3O2S. The number of hydrogen-bond donors (Lipinski definition) is 2. The van der Waals surface area contributed by atoms with Gasteiger partial charge in [-0.2, -0.15) is 0 Å². The predicted octanol–water partition coefficient (Wildman–Crippen LogP) is 1.19. The van der Waals surface area contributed by atoms with Gasteiger partial charge in [-0.05, 0) is 54.0 Å². The molecule has 2 amide bonds. The molecule has 7 heteroatoms. The van der Waals surface area contributed by atoms with Crippen LogP contribution in [0.2, 0.25) is 0 Å². The largest absolute Gasteiger partial charge is 0.368 e. The monoisotopic (exact) mass is 345 g/mol. The SMILES string of the molecule is NC(=O)CN(C(=O)c1ccc(Br)s1)C1CCNCC1. The van der Waals surface area contributed by atoms with E-state index in [1.807, 2.05) is 6.07 Å². The van der Waals surface area contributed by atoms with E-state index in [1.54, 1.807) is 11.0 Å². The van der Waals surface area contributed by atoms with Crippen LogP contribution in [0.15, 0.2) is 15.9 Å². The van der Waals surface area contributed by atoms with Gasteiger partial charge >= 0.3 is 0 Å². The number of rotatable bonds is 4. The maximum Gasteiger partial charge on any atom is 0.264 e. The summed E-state index contributed by atoms with van der Waals surface area (Å²) in [5.74, 6) is -0.580. The highest BCUT2D eigenvalue weighted by molar-refractivity contribution is 9.11. The second-order valence-electron chi connectivity index (χ2n) is 4.48. The molecule has 1 saturated heterocycles. The van der Waals surface area contributed by atoms with Crippen LogP contribution in [0.3, 0.4) is 0 Å². The summed E-state index contributed by atoms with van der Waals surface area (Å²) >= 11 is 4.72. The first-order chi connectivity index (χ1) is 9.08. The molecule has 0 spiro atoms. The molecule has 1 aromatic rings. The molecule has 0 aromatic carbocycles. The fourth-order valence-corrected chi connectivity index (χ4v) is 3.57. The number of primary amides is 1. The highest BCUT2D eigenvalue weighted by Gasteiger charge is 2.28. The maximum atomic E-state index is 12.5. The van der Waals surface area contributed by atoms with Gasteiger partial charge in [0.25, 0.3) is 5.91 Å². The smallest absolute Gasteiger partial charge is 0.264 e. The number of nitrogens with zero attached hydrogens (tertiary/aromatic N) is 1. The quantitative estimate of drug-likeness (QED) is 0.860. The van der Waals surface area contributed by atoms with Crippen molar-refractivity contribution in [2.24, 2.45) is 5.73 Å².